The maximum Gasteiger partial charge on any atom is 0.227 e. The number of carbonyl (C=O) groups is 1. The van der Waals surface area contributed by atoms with Crippen molar-refractivity contribution in [1.82, 2.24) is 5.32 Å². The fourth-order valence-electron chi connectivity index (χ4n) is 1.82. The van der Waals surface area contributed by atoms with Crippen LogP contribution in [0.4, 0.5) is 0 Å². The maximum absolute atomic E-state index is 12.0. The lowest BCUT2D eigenvalue weighted by Crippen LogP contribution is -2.46. The number of carbonyl (C=O) groups excluding carboxylic acids is 1. The molecule has 0 aromatic heterocycles. The molecule has 0 heterocycles. The normalized spacial score (nSPS) is 18.7. The summed E-state index contributed by atoms with van der Waals surface area (Å²) in [5.74, 6) is 0.142. The lowest BCUT2D eigenvalue weighted by Gasteiger charge is -2.29. The Hall–Kier alpha value is -0.570. The number of hydrogen-bond acceptors (Lipinski definition) is 2. The van der Waals surface area contributed by atoms with Gasteiger partial charge in [-0.25, -0.2) is 0 Å². The molecule has 1 aliphatic rings. The van der Waals surface area contributed by atoms with Gasteiger partial charge in [0, 0.05) is 13.1 Å². The van der Waals surface area contributed by atoms with Gasteiger partial charge in [-0.15, -0.1) is 0 Å². The molecule has 0 aromatic carbocycles. The van der Waals surface area contributed by atoms with Crippen LogP contribution in [0.15, 0.2) is 0 Å². The van der Waals surface area contributed by atoms with Crippen LogP contribution in [-0.4, -0.2) is 19.0 Å². The van der Waals surface area contributed by atoms with E-state index in [1.165, 1.54) is 12.8 Å². The first kappa shape index (κ1) is 12.5. The lowest BCUT2D eigenvalue weighted by atomic mass is 9.81. The first-order valence-corrected chi connectivity index (χ1v) is 6.00. The van der Waals surface area contributed by atoms with Crippen molar-refractivity contribution in [1.29, 1.82) is 0 Å². The minimum absolute atomic E-state index is 0.142. The van der Waals surface area contributed by atoms with Crippen molar-refractivity contribution in [2.45, 2.75) is 46.5 Å². The molecule has 3 nitrogen and oxygen atoms in total. The number of amides is 1. The number of nitrogens with two attached hydrogens (primary N) is 1. The van der Waals surface area contributed by atoms with Crippen molar-refractivity contribution in [2.75, 3.05) is 13.1 Å². The van der Waals surface area contributed by atoms with E-state index in [4.69, 9.17) is 5.73 Å². The fourth-order valence-corrected chi connectivity index (χ4v) is 1.82. The third kappa shape index (κ3) is 2.71. The molecule has 1 amide bonds. The average molecular weight is 212 g/mol. The first-order chi connectivity index (χ1) is 7.02. The largest absolute Gasteiger partial charge is 0.355 e. The molecular weight excluding hydrogens is 188 g/mol. The minimum Gasteiger partial charge on any atom is -0.355 e. The van der Waals surface area contributed by atoms with Crippen molar-refractivity contribution in [3.8, 4) is 0 Å². The lowest BCUT2D eigenvalue weighted by molar-refractivity contribution is -0.131. The Morgan fingerprint density at radius 3 is 2.27 bits per heavy atom. The summed E-state index contributed by atoms with van der Waals surface area (Å²) in [4.78, 5) is 12.0. The van der Waals surface area contributed by atoms with Gasteiger partial charge in [0.25, 0.3) is 0 Å². The predicted octanol–water partition coefficient (Wildman–Crippen LogP) is 1.67. The van der Waals surface area contributed by atoms with Crippen LogP contribution in [0, 0.1) is 10.8 Å². The number of nitrogens with one attached hydrogen (secondary N) is 1. The molecule has 88 valence electrons. The van der Waals surface area contributed by atoms with Crippen molar-refractivity contribution in [3.63, 3.8) is 0 Å². The molecule has 0 radical (unpaired) electrons. The van der Waals surface area contributed by atoms with E-state index >= 15 is 0 Å². The summed E-state index contributed by atoms with van der Waals surface area (Å²) in [6, 6.07) is 0. The molecule has 0 saturated heterocycles. The van der Waals surface area contributed by atoms with Gasteiger partial charge in [0.05, 0.1) is 5.41 Å². The summed E-state index contributed by atoms with van der Waals surface area (Å²) in [5, 5.41) is 3.06. The smallest absolute Gasteiger partial charge is 0.227 e. The van der Waals surface area contributed by atoms with Crippen LogP contribution in [0.3, 0.4) is 0 Å². The van der Waals surface area contributed by atoms with Gasteiger partial charge in [-0.3, -0.25) is 4.79 Å². The highest BCUT2D eigenvalue weighted by Crippen LogP contribution is 2.44. The highest BCUT2D eigenvalue weighted by Gasteiger charge is 2.39. The number of rotatable bonds is 6. The Labute approximate surface area is 92.8 Å². The zero-order valence-corrected chi connectivity index (χ0v) is 10.2. The molecular formula is C12H24N2O. The molecule has 3 N–H and O–H groups in total. The van der Waals surface area contributed by atoms with Crippen LogP contribution >= 0.6 is 0 Å². The molecule has 0 spiro atoms. The van der Waals surface area contributed by atoms with Crippen LogP contribution < -0.4 is 11.1 Å². The zero-order chi connectivity index (χ0) is 11.5. The van der Waals surface area contributed by atoms with Crippen molar-refractivity contribution < 1.29 is 4.79 Å². The van der Waals surface area contributed by atoms with E-state index in [0.717, 1.165) is 19.4 Å². The van der Waals surface area contributed by atoms with E-state index in [1.54, 1.807) is 0 Å². The van der Waals surface area contributed by atoms with Crippen LogP contribution in [-0.2, 0) is 4.79 Å². The summed E-state index contributed by atoms with van der Waals surface area (Å²) >= 11 is 0. The van der Waals surface area contributed by atoms with E-state index in [2.05, 4.69) is 12.2 Å². The second-order valence-electron chi connectivity index (χ2n) is 5.18. The van der Waals surface area contributed by atoms with Gasteiger partial charge >= 0.3 is 0 Å². The molecule has 1 saturated carbocycles. The standard InChI is InChI=1S/C12H24N2O/c1-4-12(5-2,8-13)10(15)14-9-11(3)6-7-11/h4-9,13H2,1-3H3,(H,14,15). The Balaban J connectivity index is 2.48. The van der Waals surface area contributed by atoms with E-state index < -0.39 is 0 Å². The van der Waals surface area contributed by atoms with Gasteiger partial charge in [-0.1, -0.05) is 20.8 Å². The Morgan fingerprint density at radius 1 is 1.40 bits per heavy atom. The third-order valence-corrected chi connectivity index (χ3v) is 4.01. The molecule has 0 atom stereocenters. The SMILES string of the molecule is CCC(CC)(CN)C(=O)NCC1(C)CC1. The van der Waals surface area contributed by atoms with Gasteiger partial charge in [-0.05, 0) is 31.1 Å². The summed E-state index contributed by atoms with van der Waals surface area (Å²) < 4.78 is 0. The molecule has 1 fully saturated rings. The molecule has 0 bridgehead atoms. The van der Waals surface area contributed by atoms with Crippen LogP contribution in [0.5, 0.6) is 0 Å². The van der Waals surface area contributed by atoms with Crippen LogP contribution in [0.2, 0.25) is 0 Å². The summed E-state index contributed by atoms with van der Waals surface area (Å²) in [6.45, 7) is 7.55. The first-order valence-electron chi connectivity index (χ1n) is 6.00. The topological polar surface area (TPSA) is 55.1 Å². The molecule has 15 heavy (non-hydrogen) atoms. The molecule has 3 heteroatoms. The van der Waals surface area contributed by atoms with E-state index in [-0.39, 0.29) is 11.3 Å². The Kier molecular flexibility index (Phi) is 3.77. The zero-order valence-electron chi connectivity index (χ0n) is 10.2. The van der Waals surface area contributed by atoms with E-state index in [1.807, 2.05) is 13.8 Å². The second kappa shape index (κ2) is 4.52. The maximum atomic E-state index is 12.0. The second-order valence-corrected chi connectivity index (χ2v) is 5.18. The van der Waals surface area contributed by atoms with Gasteiger partial charge in [-0.2, -0.15) is 0 Å². The molecule has 1 aliphatic carbocycles. The monoisotopic (exact) mass is 212 g/mol. The van der Waals surface area contributed by atoms with E-state index in [9.17, 15) is 4.79 Å². The van der Waals surface area contributed by atoms with Gasteiger partial charge in [0.15, 0.2) is 0 Å². The van der Waals surface area contributed by atoms with Crippen molar-refractivity contribution in [3.05, 3.63) is 0 Å². The average Bonchev–Trinajstić information content (AvgIpc) is 2.98. The molecule has 0 unspecified atom stereocenters. The van der Waals surface area contributed by atoms with Crippen LogP contribution in [0.25, 0.3) is 0 Å². The predicted molar refractivity (Wildman–Crippen MR) is 62.4 cm³/mol. The fraction of sp³-hybridized carbons (Fsp3) is 0.917. The van der Waals surface area contributed by atoms with Crippen LogP contribution in [0.1, 0.15) is 46.5 Å². The summed E-state index contributed by atoms with van der Waals surface area (Å²) in [6.07, 6.45) is 4.12. The Morgan fingerprint density at radius 2 is 1.93 bits per heavy atom. The minimum atomic E-state index is -0.342. The van der Waals surface area contributed by atoms with Gasteiger partial charge < -0.3 is 11.1 Å². The summed E-state index contributed by atoms with van der Waals surface area (Å²) in [5.41, 5.74) is 5.75. The molecule has 0 aromatic rings. The van der Waals surface area contributed by atoms with Crippen molar-refractivity contribution in [2.24, 2.45) is 16.6 Å². The highest BCUT2D eigenvalue weighted by molar-refractivity contribution is 5.82. The highest BCUT2D eigenvalue weighted by atomic mass is 16.2. The van der Waals surface area contributed by atoms with E-state index in [0.29, 0.717) is 12.0 Å². The number of hydrogen-bond donors (Lipinski definition) is 2. The molecule has 1 rings (SSSR count). The third-order valence-electron chi connectivity index (χ3n) is 4.01. The van der Waals surface area contributed by atoms with Gasteiger partial charge in [0.2, 0.25) is 5.91 Å². The van der Waals surface area contributed by atoms with Crippen molar-refractivity contribution >= 4 is 5.91 Å². The Bertz CT molecular complexity index is 222. The molecule has 0 aliphatic heterocycles. The summed E-state index contributed by atoms with van der Waals surface area (Å²) in [7, 11) is 0. The van der Waals surface area contributed by atoms with Gasteiger partial charge in [0.1, 0.15) is 0 Å². The quantitative estimate of drug-likeness (QED) is 0.703.